The second-order valence-corrected chi connectivity index (χ2v) is 5.15. The maximum absolute atomic E-state index is 12.1. The third-order valence-electron chi connectivity index (χ3n) is 2.25. The van der Waals surface area contributed by atoms with Gasteiger partial charge in [0.2, 0.25) is 0 Å². The van der Waals surface area contributed by atoms with Gasteiger partial charge in [-0.25, -0.2) is 8.78 Å². The Morgan fingerprint density at radius 1 is 1.58 bits per heavy atom. The van der Waals surface area contributed by atoms with Gasteiger partial charge in [-0.2, -0.15) is 0 Å². The maximum Gasteiger partial charge on any atom is 0.265 e. The van der Waals surface area contributed by atoms with E-state index in [1.807, 2.05) is 22.6 Å². The standard InChI is InChI=1S/C11H11ClF2INO3/c1-19-9-3-7(15)6(12)2-5(9)11(18)16-4-8(17)10(13)14/h2-3,8,10,17H,4H2,1H3,(H,16,18). The van der Waals surface area contributed by atoms with Gasteiger partial charge in [-0.05, 0) is 34.7 Å². The number of hydrogen-bond acceptors (Lipinski definition) is 3. The first-order chi connectivity index (χ1) is 8.86. The van der Waals surface area contributed by atoms with Crippen LogP contribution >= 0.6 is 34.2 Å². The van der Waals surface area contributed by atoms with Crippen molar-refractivity contribution >= 4 is 40.1 Å². The van der Waals surface area contributed by atoms with Crippen LogP contribution in [0.4, 0.5) is 8.78 Å². The number of hydrogen-bond donors (Lipinski definition) is 2. The molecule has 0 aliphatic rings. The predicted octanol–water partition coefficient (Wildman–Crippen LogP) is 2.31. The van der Waals surface area contributed by atoms with Crippen molar-refractivity contribution in [2.45, 2.75) is 12.5 Å². The van der Waals surface area contributed by atoms with Crippen molar-refractivity contribution < 1.29 is 23.4 Å². The van der Waals surface area contributed by atoms with Crippen LogP contribution in [0.3, 0.4) is 0 Å². The van der Waals surface area contributed by atoms with Crippen LogP contribution in [0.2, 0.25) is 5.02 Å². The average Bonchev–Trinajstić information content (AvgIpc) is 2.37. The van der Waals surface area contributed by atoms with E-state index in [-0.39, 0.29) is 11.3 Å². The normalized spacial score (nSPS) is 12.4. The van der Waals surface area contributed by atoms with Crippen LogP contribution in [0.25, 0.3) is 0 Å². The van der Waals surface area contributed by atoms with Crippen LogP contribution in [0.5, 0.6) is 5.75 Å². The van der Waals surface area contributed by atoms with E-state index >= 15 is 0 Å². The molecule has 1 unspecified atom stereocenters. The first kappa shape index (κ1) is 16.4. The van der Waals surface area contributed by atoms with Crippen molar-refractivity contribution in [1.82, 2.24) is 5.32 Å². The zero-order valence-corrected chi connectivity index (χ0v) is 12.7. The van der Waals surface area contributed by atoms with Crippen molar-refractivity contribution in [2.24, 2.45) is 0 Å². The van der Waals surface area contributed by atoms with Crippen molar-refractivity contribution in [1.29, 1.82) is 0 Å². The van der Waals surface area contributed by atoms with E-state index in [1.165, 1.54) is 13.2 Å². The summed E-state index contributed by atoms with van der Waals surface area (Å²) >= 11 is 7.86. The number of ether oxygens (including phenoxy) is 1. The van der Waals surface area contributed by atoms with Crippen LogP contribution in [-0.2, 0) is 0 Å². The summed E-state index contributed by atoms with van der Waals surface area (Å²) in [5.41, 5.74) is 0.120. The average molecular weight is 406 g/mol. The molecule has 0 fully saturated rings. The van der Waals surface area contributed by atoms with Crippen molar-refractivity contribution in [3.05, 3.63) is 26.3 Å². The Kier molecular flexibility index (Phi) is 6.21. The first-order valence-electron chi connectivity index (χ1n) is 5.14. The molecule has 1 amide bonds. The Bertz CT molecular complexity index is 473. The number of halogens is 4. The molecule has 0 heterocycles. The topological polar surface area (TPSA) is 58.6 Å². The lowest BCUT2D eigenvalue weighted by Crippen LogP contribution is -2.36. The molecule has 8 heteroatoms. The molecular weight excluding hydrogens is 394 g/mol. The van der Waals surface area contributed by atoms with Crippen molar-refractivity contribution in [3.63, 3.8) is 0 Å². The Morgan fingerprint density at radius 3 is 2.74 bits per heavy atom. The lowest BCUT2D eigenvalue weighted by molar-refractivity contribution is -0.00271. The Hall–Kier alpha value is -0.670. The SMILES string of the molecule is COc1cc(I)c(Cl)cc1C(=O)NCC(O)C(F)F. The fourth-order valence-electron chi connectivity index (χ4n) is 1.26. The minimum atomic E-state index is -2.91. The molecule has 2 N–H and O–H groups in total. The molecule has 0 aromatic heterocycles. The molecule has 0 aliphatic heterocycles. The molecule has 0 saturated carbocycles. The molecule has 1 rings (SSSR count). The van der Waals surface area contributed by atoms with Crippen LogP contribution in [-0.4, -0.2) is 37.2 Å². The number of alkyl halides is 2. The summed E-state index contributed by atoms with van der Waals surface area (Å²) in [6.45, 7) is -0.552. The van der Waals surface area contributed by atoms with Gasteiger partial charge in [-0.3, -0.25) is 4.79 Å². The van der Waals surface area contributed by atoms with Crippen LogP contribution in [0.1, 0.15) is 10.4 Å². The highest BCUT2D eigenvalue weighted by Gasteiger charge is 2.20. The first-order valence-corrected chi connectivity index (χ1v) is 6.60. The second-order valence-electron chi connectivity index (χ2n) is 3.58. The molecule has 0 aliphatic carbocycles. The fraction of sp³-hybridized carbons (Fsp3) is 0.364. The number of benzene rings is 1. The van der Waals surface area contributed by atoms with Gasteiger partial charge in [-0.15, -0.1) is 0 Å². The maximum atomic E-state index is 12.1. The van der Waals surface area contributed by atoms with Gasteiger partial charge < -0.3 is 15.2 Å². The zero-order valence-electron chi connectivity index (χ0n) is 9.79. The van der Waals surface area contributed by atoms with Gasteiger partial charge in [0.05, 0.1) is 17.7 Å². The van der Waals surface area contributed by atoms with E-state index < -0.39 is 25.0 Å². The summed E-state index contributed by atoms with van der Waals surface area (Å²) < 4.78 is 29.9. The number of amides is 1. The van der Waals surface area contributed by atoms with Gasteiger partial charge in [0, 0.05) is 10.1 Å². The minimum Gasteiger partial charge on any atom is -0.496 e. The highest BCUT2D eigenvalue weighted by Crippen LogP contribution is 2.28. The quantitative estimate of drug-likeness (QED) is 0.739. The largest absolute Gasteiger partial charge is 0.496 e. The summed E-state index contributed by atoms with van der Waals surface area (Å²) in [6.07, 6.45) is -4.82. The smallest absolute Gasteiger partial charge is 0.265 e. The molecule has 0 bridgehead atoms. The van der Waals surface area contributed by atoms with Gasteiger partial charge in [0.25, 0.3) is 12.3 Å². The van der Waals surface area contributed by atoms with Gasteiger partial charge in [-0.1, -0.05) is 11.6 Å². The number of carbonyl (C=O) groups is 1. The zero-order chi connectivity index (χ0) is 14.6. The molecule has 19 heavy (non-hydrogen) atoms. The van der Waals surface area contributed by atoms with E-state index in [1.54, 1.807) is 6.07 Å². The number of carbonyl (C=O) groups excluding carboxylic acids is 1. The van der Waals surface area contributed by atoms with E-state index in [9.17, 15) is 13.6 Å². The highest BCUT2D eigenvalue weighted by atomic mass is 127. The summed E-state index contributed by atoms with van der Waals surface area (Å²) in [4.78, 5) is 11.8. The summed E-state index contributed by atoms with van der Waals surface area (Å²) in [5, 5.41) is 11.5. The molecule has 0 radical (unpaired) electrons. The lowest BCUT2D eigenvalue weighted by atomic mass is 10.2. The minimum absolute atomic E-state index is 0.120. The third kappa shape index (κ3) is 4.43. The molecule has 4 nitrogen and oxygen atoms in total. The van der Waals surface area contributed by atoms with Crippen LogP contribution in [0, 0.1) is 3.57 Å². The van der Waals surface area contributed by atoms with Crippen molar-refractivity contribution in [2.75, 3.05) is 13.7 Å². The van der Waals surface area contributed by atoms with Crippen molar-refractivity contribution in [3.8, 4) is 5.75 Å². The summed E-state index contributed by atoms with van der Waals surface area (Å²) in [7, 11) is 1.38. The van der Waals surface area contributed by atoms with Crippen LogP contribution < -0.4 is 10.1 Å². The number of rotatable bonds is 5. The molecule has 0 spiro atoms. The Balaban J connectivity index is 2.85. The van der Waals surface area contributed by atoms with E-state index in [0.717, 1.165) is 0 Å². The molecule has 106 valence electrons. The van der Waals surface area contributed by atoms with Gasteiger partial charge >= 0.3 is 0 Å². The molecular formula is C11H11ClF2INO3. The van der Waals surface area contributed by atoms with E-state index in [0.29, 0.717) is 8.59 Å². The van der Waals surface area contributed by atoms with Crippen LogP contribution in [0.15, 0.2) is 12.1 Å². The lowest BCUT2D eigenvalue weighted by Gasteiger charge is -2.13. The highest BCUT2D eigenvalue weighted by molar-refractivity contribution is 14.1. The number of nitrogens with one attached hydrogen (secondary N) is 1. The van der Waals surface area contributed by atoms with E-state index in [2.05, 4.69) is 5.32 Å². The van der Waals surface area contributed by atoms with Gasteiger partial charge in [0.1, 0.15) is 11.9 Å². The predicted molar refractivity (Wildman–Crippen MR) is 75.1 cm³/mol. The molecule has 1 aromatic carbocycles. The molecule has 0 saturated heterocycles. The number of methoxy groups -OCH3 is 1. The Morgan fingerprint density at radius 2 is 2.21 bits per heavy atom. The van der Waals surface area contributed by atoms with Gasteiger partial charge in [0.15, 0.2) is 0 Å². The summed E-state index contributed by atoms with van der Waals surface area (Å²) in [5.74, 6) is -0.368. The van der Waals surface area contributed by atoms with E-state index in [4.69, 9.17) is 21.4 Å². The fourth-order valence-corrected chi connectivity index (χ4v) is 1.86. The monoisotopic (exact) mass is 405 g/mol. The third-order valence-corrected chi connectivity index (χ3v) is 3.77. The second kappa shape index (κ2) is 7.20. The Labute approximate surface area is 127 Å². The number of aliphatic hydroxyl groups is 1. The number of aliphatic hydroxyl groups excluding tert-OH is 1. The molecule has 1 aromatic rings. The molecule has 1 atom stereocenters. The summed E-state index contributed by atoms with van der Waals surface area (Å²) in [6, 6.07) is 2.94.